The number of carbonyl (C=O) groups is 1. The Bertz CT molecular complexity index is 1840. The van der Waals surface area contributed by atoms with Crippen LogP contribution in [0.5, 0.6) is 0 Å². The number of carboxylic acids is 1. The summed E-state index contributed by atoms with van der Waals surface area (Å²) in [5, 5.41) is 22.9. The molecule has 0 radical (unpaired) electrons. The number of aliphatic carboxylic acids is 1. The lowest BCUT2D eigenvalue weighted by Crippen LogP contribution is -2.35. The molecule has 10 nitrogen and oxygen atoms in total. The summed E-state index contributed by atoms with van der Waals surface area (Å²) in [6.45, 7) is -0.747. The predicted octanol–water partition coefficient (Wildman–Crippen LogP) is 3.69. The lowest BCUT2D eigenvalue weighted by molar-refractivity contribution is -0.135. The van der Waals surface area contributed by atoms with Crippen LogP contribution in [-0.4, -0.2) is 46.6 Å². The lowest BCUT2D eigenvalue weighted by atomic mass is 10.1. The fourth-order valence-corrected chi connectivity index (χ4v) is 6.19. The Hall–Kier alpha value is -4.90. The number of benzene rings is 3. The van der Waals surface area contributed by atoms with Crippen LogP contribution in [-0.2, 0) is 28.3 Å². The summed E-state index contributed by atoms with van der Waals surface area (Å²) in [5.41, 5.74) is 9.57. The molecule has 0 saturated carbocycles. The second-order valence-corrected chi connectivity index (χ2v) is 10.9. The number of fused-ring (bicyclic) bond motifs is 2. The van der Waals surface area contributed by atoms with E-state index in [1.54, 1.807) is 54.6 Å². The van der Waals surface area contributed by atoms with Crippen LogP contribution in [0.1, 0.15) is 16.8 Å². The van der Waals surface area contributed by atoms with Crippen molar-refractivity contribution in [3.05, 3.63) is 102 Å². The van der Waals surface area contributed by atoms with Crippen molar-refractivity contribution in [2.75, 3.05) is 10.8 Å². The number of carboxylic acid groups (broad SMARTS) is 1. The Labute approximate surface area is 224 Å². The zero-order chi connectivity index (χ0) is 27.7. The van der Waals surface area contributed by atoms with Gasteiger partial charge in [0.25, 0.3) is 10.0 Å². The molecule has 3 aromatic carbocycles. The summed E-state index contributed by atoms with van der Waals surface area (Å²) in [6, 6.07) is 22.6. The zero-order valence-electron chi connectivity index (χ0n) is 20.9. The Morgan fingerprint density at radius 2 is 1.77 bits per heavy atom. The van der Waals surface area contributed by atoms with Crippen LogP contribution in [0.15, 0.2) is 95.1 Å². The van der Waals surface area contributed by atoms with Gasteiger partial charge in [0.1, 0.15) is 11.4 Å². The first-order valence-electron chi connectivity index (χ1n) is 11.9. The van der Waals surface area contributed by atoms with E-state index in [2.05, 4.69) is 10.1 Å². The number of oxime groups is 1. The topological polar surface area (TPSA) is 151 Å². The van der Waals surface area contributed by atoms with E-state index in [1.165, 1.54) is 12.3 Å². The minimum atomic E-state index is -4.26. The molecule has 39 heavy (non-hydrogen) atoms. The Morgan fingerprint density at radius 3 is 2.49 bits per heavy atom. The molecule has 198 valence electrons. The third-order valence-electron chi connectivity index (χ3n) is 6.60. The van der Waals surface area contributed by atoms with E-state index in [4.69, 9.17) is 10.9 Å². The van der Waals surface area contributed by atoms with Crippen molar-refractivity contribution in [1.29, 1.82) is 0 Å². The van der Waals surface area contributed by atoms with Gasteiger partial charge in [-0.2, -0.15) is 0 Å². The van der Waals surface area contributed by atoms with E-state index in [0.717, 1.165) is 26.5 Å². The monoisotopic (exact) mass is 543 g/mol. The first kappa shape index (κ1) is 25.7. The average Bonchev–Trinajstić information content (AvgIpc) is 3.25. The first-order chi connectivity index (χ1) is 18.7. The molecule has 2 heterocycles. The minimum absolute atomic E-state index is 0.0267. The van der Waals surface area contributed by atoms with Crippen molar-refractivity contribution < 1.29 is 23.5 Å². The van der Waals surface area contributed by atoms with E-state index in [-0.39, 0.29) is 21.9 Å². The summed E-state index contributed by atoms with van der Waals surface area (Å²) in [4.78, 5) is 16.0. The normalized spacial score (nSPS) is 12.2. The number of pyridine rings is 1. The van der Waals surface area contributed by atoms with Gasteiger partial charge in [-0.15, -0.1) is 0 Å². The highest BCUT2D eigenvalue weighted by molar-refractivity contribution is 7.93. The van der Waals surface area contributed by atoms with E-state index in [0.29, 0.717) is 17.4 Å². The molecule has 0 aliphatic rings. The number of rotatable bonds is 8. The van der Waals surface area contributed by atoms with Crippen LogP contribution in [0, 0.1) is 0 Å². The van der Waals surface area contributed by atoms with Crippen molar-refractivity contribution in [3.63, 3.8) is 0 Å². The number of hydrogen-bond acceptors (Lipinski definition) is 6. The summed E-state index contributed by atoms with van der Waals surface area (Å²) in [7, 11) is -2.35. The van der Waals surface area contributed by atoms with Crippen molar-refractivity contribution in [2.24, 2.45) is 17.9 Å². The molecule has 5 rings (SSSR count). The number of para-hydroxylation sites is 1. The van der Waals surface area contributed by atoms with Gasteiger partial charge in [0.2, 0.25) is 0 Å². The quantitative estimate of drug-likeness (QED) is 0.117. The van der Waals surface area contributed by atoms with E-state index < -0.39 is 22.5 Å². The molecule has 0 amide bonds. The number of aromatic nitrogens is 2. The standard InChI is InChI=1S/C28H25N5O5S/c1-32-23(14-18-7-9-20(10-8-18)28(29)31-36)16-21-15-22(11-12-24(21)32)33(17-26(34)35)39(37,38)25-6-2-4-19-5-3-13-30-27(19)25/h2-13,15-16,36H,14,17H2,1H3,(H2,29,31)(H,34,35). The van der Waals surface area contributed by atoms with Crippen molar-refractivity contribution >= 4 is 49.3 Å². The maximum Gasteiger partial charge on any atom is 0.324 e. The van der Waals surface area contributed by atoms with Crippen LogP contribution in [0.2, 0.25) is 0 Å². The summed E-state index contributed by atoms with van der Waals surface area (Å²) >= 11 is 0. The molecule has 0 saturated heterocycles. The average molecular weight is 544 g/mol. The van der Waals surface area contributed by atoms with Gasteiger partial charge in [0.05, 0.1) is 11.2 Å². The molecule has 0 atom stereocenters. The largest absolute Gasteiger partial charge is 0.480 e. The number of amidine groups is 1. The van der Waals surface area contributed by atoms with Gasteiger partial charge in [-0.1, -0.05) is 47.6 Å². The molecular formula is C28H25N5O5S. The third-order valence-corrected chi connectivity index (χ3v) is 8.40. The SMILES string of the molecule is Cn1c(Cc2ccc(C(N)=NO)cc2)cc2cc(N(CC(=O)O)S(=O)(=O)c3cccc4cccnc34)ccc21. The number of aryl methyl sites for hydroxylation is 1. The smallest absolute Gasteiger partial charge is 0.324 e. The maximum absolute atomic E-state index is 13.8. The highest BCUT2D eigenvalue weighted by Crippen LogP contribution is 2.31. The van der Waals surface area contributed by atoms with Crippen LogP contribution in [0.4, 0.5) is 5.69 Å². The lowest BCUT2D eigenvalue weighted by Gasteiger charge is -2.23. The number of nitrogens with zero attached hydrogens (tertiary/aromatic N) is 4. The van der Waals surface area contributed by atoms with E-state index >= 15 is 0 Å². The molecular weight excluding hydrogens is 518 g/mol. The molecule has 5 aromatic rings. The summed E-state index contributed by atoms with van der Waals surface area (Å²) in [5.74, 6) is -1.25. The second-order valence-electron chi connectivity index (χ2n) is 9.03. The van der Waals surface area contributed by atoms with Gasteiger partial charge in [-0.25, -0.2) is 8.42 Å². The van der Waals surface area contributed by atoms with Gasteiger partial charge in [-0.3, -0.25) is 14.1 Å². The number of hydrogen-bond donors (Lipinski definition) is 3. The molecule has 4 N–H and O–H groups in total. The summed E-state index contributed by atoms with van der Waals surface area (Å²) in [6.07, 6.45) is 2.08. The Kier molecular flexibility index (Phi) is 6.67. The van der Waals surface area contributed by atoms with Crippen molar-refractivity contribution in [2.45, 2.75) is 11.3 Å². The Balaban J connectivity index is 1.54. The minimum Gasteiger partial charge on any atom is -0.480 e. The zero-order valence-corrected chi connectivity index (χ0v) is 21.7. The molecule has 0 aliphatic carbocycles. The molecule has 2 aromatic heterocycles. The van der Waals surface area contributed by atoms with Gasteiger partial charge >= 0.3 is 5.97 Å². The predicted molar refractivity (Wildman–Crippen MR) is 149 cm³/mol. The summed E-state index contributed by atoms with van der Waals surface area (Å²) < 4.78 is 30.5. The number of anilines is 1. The molecule has 0 aliphatic heterocycles. The number of sulfonamides is 1. The fraction of sp³-hybridized carbons (Fsp3) is 0.107. The van der Waals surface area contributed by atoms with Gasteiger partial charge in [0, 0.05) is 47.2 Å². The molecule has 0 spiro atoms. The molecule has 11 heteroatoms. The van der Waals surface area contributed by atoms with Crippen LogP contribution in [0.25, 0.3) is 21.8 Å². The van der Waals surface area contributed by atoms with E-state index in [1.807, 2.05) is 29.8 Å². The maximum atomic E-state index is 13.8. The van der Waals surface area contributed by atoms with Gasteiger partial charge in [-0.05, 0) is 42.0 Å². The van der Waals surface area contributed by atoms with Crippen molar-refractivity contribution in [1.82, 2.24) is 9.55 Å². The number of nitrogens with two attached hydrogens (primary N) is 1. The highest BCUT2D eigenvalue weighted by Gasteiger charge is 2.29. The van der Waals surface area contributed by atoms with Crippen LogP contribution in [0.3, 0.4) is 0 Å². The molecule has 0 unspecified atom stereocenters. The third kappa shape index (κ3) is 4.87. The molecule has 0 fully saturated rings. The highest BCUT2D eigenvalue weighted by atomic mass is 32.2. The Morgan fingerprint density at radius 1 is 1.03 bits per heavy atom. The van der Waals surface area contributed by atoms with Crippen LogP contribution >= 0.6 is 0 Å². The second kappa shape index (κ2) is 10.1. The van der Waals surface area contributed by atoms with Crippen LogP contribution < -0.4 is 10.0 Å². The van der Waals surface area contributed by atoms with Gasteiger partial charge in [0.15, 0.2) is 5.84 Å². The fourth-order valence-electron chi connectivity index (χ4n) is 4.62. The van der Waals surface area contributed by atoms with Crippen molar-refractivity contribution in [3.8, 4) is 0 Å². The first-order valence-corrected chi connectivity index (χ1v) is 13.4. The molecule has 0 bridgehead atoms. The van der Waals surface area contributed by atoms with Gasteiger partial charge < -0.3 is 20.6 Å². The van der Waals surface area contributed by atoms with E-state index in [9.17, 15) is 18.3 Å².